The van der Waals surface area contributed by atoms with Crippen LogP contribution in [0.4, 0.5) is 0 Å². The Kier molecular flexibility index (Phi) is 5.04. The molecule has 1 heterocycles. The minimum atomic E-state index is -3.53. The van der Waals surface area contributed by atoms with Gasteiger partial charge in [0.1, 0.15) is 0 Å². The van der Waals surface area contributed by atoms with Gasteiger partial charge in [0.2, 0.25) is 10.0 Å². The van der Waals surface area contributed by atoms with E-state index in [1.807, 2.05) is 0 Å². The van der Waals surface area contributed by atoms with Crippen molar-refractivity contribution < 1.29 is 18.3 Å². The smallest absolute Gasteiger partial charge is 0.243 e. The van der Waals surface area contributed by atoms with Crippen LogP contribution < -0.4 is 0 Å². The Balaban J connectivity index is 2.23. The molecule has 20 heavy (non-hydrogen) atoms. The van der Waals surface area contributed by atoms with Crippen molar-refractivity contribution in [3.05, 3.63) is 28.8 Å². The van der Waals surface area contributed by atoms with Gasteiger partial charge in [-0.25, -0.2) is 8.42 Å². The van der Waals surface area contributed by atoms with E-state index in [0.29, 0.717) is 30.3 Å². The third kappa shape index (κ3) is 3.15. The topological polar surface area (TPSA) is 66.8 Å². The highest BCUT2D eigenvalue weighted by molar-refractivity contribution is 7.89. The Hall–Kier alpha value is -0.660. The van der Waals surface area contributed by atoms with Crippen molar-refractivity contribution in [2.45, 2.75) is 17.9 Å². The number of aliphatic hydroxyl groups is 1. The van der Waals surface area contributed by atoms with Gasteiger partial charge in [-0.1, -0.05) is 11.6 Å². The van der Waals surface area contributed by atoms with Crippen molar-refractivity contribution >= 4 is 21.6 Å². The lowest BCUT2D eigenvalue weighted by atomic mass is 10.1. The van der Waals surface area contributed by atoms with Crippen LogP contribution in [0.15, 0.2) is 23.1 Å². The molecule has 1 fully saturated rings. The maximum atomic E-state index is 12.5. The number of benzene rings is 1. The zero-order valence-electron chi connectivity index (χ0n) is 11.3. The Morgan fingerprint density at radius 3 is 2.90 bits per heavy atom. The fourth-order valence-corrected chi connectivity index (χ4v) is 4.13. The molecule has 1 aliphatic heterocycles. The van der Waals surface area contributed by atoms with Gasteiger partial charge >= 0.3 is 0 Å². The largest absolute Gasteiger partial charge is 0.392 e. The zero-order valence-corrected chi connectivity index (χ0v) is 12.8. The number of halogens is 1. The van der Waals surface area contributed by atoms with Gasteiger partial charge in [0.05, 0.1) is 18.1 Å². The van der Waals surface area contributed by atoms with Crippen LogP contribution in [-0.2, 0) is 21.4 Å². The minimum Gasteiger partial charge on any atom is -0.392 e. The maximum absolute atomic E-state index is 12.5. The molecule has 7 heteroatoms. The van der Waals surface area contributed by atoms with Crippen LogP contribution in [0.25, 0.3) is 0 Å². The summed E-state index contributed by atoms with van der Waals surface area (Å²) in [7, 11) is -1.92. The number of sulfonamides is 1. The van der Waals surface area contributed by atoms with Gasteiger partial charge in [-0.05, 0) is 36.1 Å². The molecule has 0 bridgehead atoms. The molecule has 0 aromatic heterocycles. The van der Waals surface area contributed by atoms with E-state index in [4.69, 9.17) is 16.3 Å². The third-order valence-electron chi connectivity index (χ3n) is 3.48. The van der Waals surface area contributed by atoms with Crippen LogP contribution in [-0.4, -0.2) is 44.6 Å². The lowest BCUT2D eigenvalue weighted by Crippen LogP contribution is -2.29. The van der Waals surface area contributed by atoms with E-state index >= 15 is 0 Å². The predicted molar refractivity (Wildman–Crippen MR) is 76.1 cm³/mol. The Bertz CT molecular complexity index is 576. The summed E-state index contributed by atoms with van der Waals surface area (Å²) >= 11 is 5.89. The second-order valence-electron chi connectivity index (χ2n) is 4.88. The highest BCUT2D eigenvalue weighted by Gasteiger charge is 2.32. The van der Waals surface area contributed by atoms with E-state index in [-0.39, 0.29) is 17.4 Å². The van der Waals surface area contributed by atoms with E-state index in [9.17, 15) is 13.5 Å². The summed E-state index contributed by atoms with van der Waals surface area (Å²) in [6, 6.07) is 4.41. The quantitative estimate of drug-likeness (QED) is 0.893. The van der Waals surface area contributed by atoms with Gasteiger partial charge in [-0.3, -0.25) is 0 Å². The first-order chi connectivity index (χ1) is 9.48. The normalized spacial score (nSPS) is 20.4. The molecule has 1 unspecified atom stereocenters. The zero-order chi connectivity index (χ0) is 14.8. The molecule has 1 atom stereocenters. The number of rotatable bonds is 5. The van der Waals surface area contributed by atoms with Crippen molar-refractivity contribution in [3.63, 3.8) is 0 Å². The third-order valence-corrected chi connectivity index (χ3v) is 5.71. The Morgan fingerprint density at radius 1 is 1.50 bits per heavy atom. The van der Waals surface area contributed by atoms with E-state index in [1.54, 1.807) is 7.11 Å². The fraction of sp³-hybridized carbons (Fsp3) is 0.538. The first kappa shape index (κ1) is 15.7. The second kappa shape index (κ2) is 6.41. The minimum absolute atomic E-state index is 0.170. The summed E-state index contributed by atoms with van der Waals surface area (Å²) in [5.41, 5.74) is 0.417. The standard InChI is InChI=1S/C13H18ClNO4S/c1-19-9-10-4-5-15(7-10)20(17,18)12-2-3-13(14)11(6-12)8-16/h2-3,6,10,16H,4-5,7-9H2,1H3. The van der Waals surface area contributed by atoms with Crippen molar-refractivity contribution in [1.82, 2.24) is 4.31 Å². The predicted octanol–water partition coefficient (Wildman–Crippen LogP) is 1.49. The number of ether oxygens (including phenoxy) is 1. The summed E-state index contributed by atoms with van der Waals surface area (Å²) in [4.78, 5) is 0.170. The van der Waals surface area contributed by atoms with E-state index < -0.39 is 10.0 Å². The van der Waals surface area contributed by atoms with E-state index in [0.717, 1.165) is 6.42 Å². The maximum Gasteiger partial charge on any atom is 0.243 e. The lowest BCUT2D eigenvalue weighted by molar-refractivity contribution is 0.157. The van der Waals surface area contributed by atoms with Crippen molar-refractivity contribution in [3.8, 4) is 0 Å². The van der Waals surface area contributed by atoms with Gasteiger partial charge in [-0.15, -0.1) is 0 Å². The van der Waals surface area contributed by atoms with Crippen LogP contribution >= 0.6 is 11.6 Å². The molecule has 2 rings (SSSR count). The van der Waals surface area contributed by atoms with Gasteiger partial charge in [0.25, 0.3) is 0 Å². The Morgan fingerprint density at radius 2 is 2.25 bits per heavy atom. The van der Waals surface area contributed by atoms with Crippen molar-refractivity contribution in [1.29, 1.82) is 0 Å². The summed E-state index contributed by atoms with van der Waals surface area (Å²) in [5.74, 6) is 0.236. The lowest BCUT2D eigenvalue weighted by Gasteiger charge is -2.17. The molecule has 1 aromatic rings. The molecular weight excluding hydrogens is 302 g/mol. The van der Waals surface area contributed by atoms with Gasteiger partial charge in [-0.2, -0.15) is 4.31 Å². The van der Waals surface area contributed by atoms with E-state index in [1.165, 1.54) is 22.5 Å². The van der Waals surface area contributed by atoms with Crippen molar-refractivity contribution in [2.24, 2.45) is 5.92 Å². The molecule has 0 aliphatic carbocycles. The summed E-state index contributed by atoms with van der Waals surface area (Å²) < 4.78 is 31.6. The van der Waals surface area contributed by atoms with Gasteiger partial charge in [0.15, 0.2) is 0 Å². The average Bonchev–Trinajstić information content (AvgIpc) is 2.89. The fourth-order valence-electron chi connectivity index (χ4n) is 2.37. The van der Waals surface area contributed by atoms with Crippen LogP contribution in [0.5, 0.6) is 0 Å². The highest BCUT2D eigenvalue weighted by atomic mass is 35.5. The molecule has 1 aliphatic rings. The van der Waals surface area contributed by atoms with Crippen molar-refractivity contribution in [2.75, 3.05) is 26.8 Å². The van der Waals surface area contributed by atoms with Crippen LogP contribution in [0.1, 0.15) is 12.0 Å². The molecule has 5 nitrogen and oxygen atoms in total. The number of hydrogen-bond donors (Lipinski definition) is 1. The molecule has 112 valence electrons. The van der Waals surface area contributed by atoms with Crippen LogP contribution in [0, 0.1) is 5.92 Å². The molecule has 0 spiro atoms. The number of nitrogens with zero attached hydrogens (tertiary/aromatic N) is 1. The monoisotopic (exact) mass is 319 g/mol. The number of aliphatic hydroxyl groups excluding tert-OH is 1. The van der Waals surface area contributed by atoms with Gasteiger partial charge < -0.3 is 9.84 Å². The summed E-state index contributed by atoms with van der Waals surface area (Å²) in [6.07, 6.45) is 0.799. The second-order valence-corrected chi connectivity index (χ2v) is 7.23. The molecule has 0 saturated carbocycles. The molecule has 1 N–H and O–H groups in total. The van der Waals surface area contributed by atoms with Crippen LogP contribution in [0.3, 0.4) is 0 Å². The SMILES string of the molecule is COCC1CCN(S(=O)(=O)c2ccc(Cl)c(CO)c2)C1. The molecule has 1 saturated heterocycles. The molecular formula is C13H18ClNO4S. The first-order valence-corrected chi connectivity index (χ1v) is 8.19. The molecule has 1 aromatic carbocycles. The van der Waals surface area contributed by atoms with Gasteiger partial charge in [0, 0.05) is 25.2 Å². The van der Waals surface area contributed by atoms with Crippen LogP contribution in [0.2, 0.25) is 5.02 Å². The number of methoxy groups -OCH3 is 1. The first-order valence-electron chi connectivity index (χ1n) is 6.37. The summed E-state index contributed by atoms with van der Waals surface area (Å²) in [6.45, 7) is 1.24. The Labute approximate surface area is 124 Å². The molecule has 0 radical (unpaired) electrons. The molecule has 0 amide bonds. The highest BCUT2D eigenvalue weighted by Crippen LogP contribution is 2.27. The van der Waals surface area contributed by atoms with E-state index in [2.05, 4.69) is 0 Å². The average molecular weight is 320 g/mol. The summed E-state index contributed by atoms with van der Waals surface area (Å²) in [5, 5.41) is 9.54. The number of hydrogen-bond acceptors (Lipinski definition) is 4.